The van der Waals surface area contributed by atoms with Crippen molar-refractivity contribution < 1.29 is 61.9 Å². The number of amides is 1. The summed E-state index contributed by atoms with van der Waals surface area (Å²) < 4.78 is 40.7. The number of hydrogen-bond acceptors (Lipinski definition) is 12. The third kappa shape index (κ3) is 7.74. The molecule has 0 saturated carbocycles. The minimum atomic E-state index is -2.29. The molecular weight excluding hydrogens is 609 g/mol. The van der Waals surface area contributed by atoms with Gasteiger partial charge in [0.2, 0.25) is 0 Å². The van der Waals surface area contributed by atoms with E-state index in [0.717, 1.165) is 27.7 Å². The zero-order valence-corrected chi connectivity index (χ0v) is 25.6. The molecule has 2 aliphatic rings. The van der Waals surface area contributed by atoms with Crippen molar-refractivity contribution in [2.75, 3.05) is 11.5 Å². The van der Waals surface area contributed by atoms with Crippen LogP contribution in [0.3, 0.4) is 0 Å². The van der Waals surface area contributed by atoms with E-state index in [1.54, 1.807) is 18.2 Å². The summed E-state index contributed by atoms with van der Waals surface area (Å²) in [6, 6.07) is 11.9. The van der Waals surface area contributed by atoms with E-state index in [1.165, 1.54) is 35.2 Å². The number of carbonyl (C=O) groups is 6. The average Bonchev–Trinajstić information content (AvgIpc) is 3.17. The Bertz CT molecular complexity index is 1510. The number of rotatable bonds is 11. The fourth-order valence-corrected chi connectivity index (χ4v) is 5.67. The summed E-state index contributed by atoms with van der Waals surface area (Å²) in [6.45, 7) is 3.88. The molecule has 4 rings (SSSR count). The van der Waals surface area contributed by atoms with Gasteiger partial charge in [-0.2, -0.15) is 0 Å². The highest BCUT2D eigenvalue weighted by Gasteiger charge is 2.54. The summed E-state index contributed by atoms with van der Waals surface area (Å²) in [5.41, 5.74) is -1.17. The van der Waals surface area contributed by atoms with E-state index in [9.17, 15) is 38.3 Å². The van der Waals surface area contributed by atoms with E-state index < -0.39 is 97.0 Å². The number of benzene rings is 2. The van der Waals surface area contributed by atoms with Gasteiger partial charge in [0.05, 0.1) is 12.2 Å². The monoisotopic (exact) mass is 643 g/mol. The highest BCUT2D eigenvalue weighted by Crippen LogP contribution is 2.43. The number of halogens is 1. The first kappa shape index (κ1) is 34.2. The number of Topliss-reactive ketones (excluding diaryl/α,β-unsaturated/α-hetero) is 1. The number of carbonyl (C=O) groups excluding carboxylic acids is 6. The molecule has 14 heteroatoms. The van der Waals surface area contributed by atoms with Gasteiger partial charge in [0, 0.05) is 46.1 Å². The Morgan fingerprint density at radius 3 is 1.98 bits per heavy atom. The molecular formula is C32H34FNO12. The Morgan fingerprint density at radius 2 is 1.39 bits per heavy atom. The second-order valence-electron chi connectivity index (χ2n) is 11.1. The molecule has 0 spiro atoms. The summed E-state index contributed by atoms with van der Waals surface area (Å²) in [4.78, 5) is 76.4. The van der Waals surface area contributed by atoms with Crippen LogP contribution in [0, 0.1) is 5.82 Å². The number of ketones is 1. The van der Waals surface area contributed by atoms with Crippen LogP contribution in [0.5, 0.6) is 0 Å². The molecule has 1 unspecified atom stereocenters. The van der Waals surface area contributed by atoms with Gasteiger partial charge in [-0.3, -0.25) is 28.8 Å². The molecule has 2 heterocycles. The molecule has 0 aromatic heterocycles. The largest absolute Gasteiger partial charge is 0.463 e. The Labute approximate surface area is 263 Å². The molecule has 0 radical (unpaired) electrons. The molecule has 246 valence electrons. The lowest BCUT2D eigenvalue weighted by Crippen LogP contribution is -2.62. The number of aliphatic hydroxyl groups is 1. The first-order valence-electron chi connectivity index (χ1n) is 14.4. The summed E-state index contributed by atoms with van der Waals surface area (Å²) in [6.07, 6.45) is -8.22. The highest BCUT2D eigenvalue weighted by atomic mass is 19.1. The van der Waals surface area contributed by atoms with Crippen molar-refractivity contribution in [3.05, 3.63) is 65.5 Å². The van der Waals surface area contributed by atoms with Gasteiger partial charge in [-0.05, 0) is 23.8 Å². The smallest absolute Gasteiger partial charge is 0.303 e. The number of esters is 4. The van der Waals surface area contributed by atoms with Crippen molar-refractivity contribution in [2.45, 2.75) is 83.2 Å². The van der Waals surface area contributed by atoms with Crippen LogP contribution in [-0.4, -0.2) is 77.8 Å². The average molecular weight is 644 g/mol. The zero-order valence-electron chi connectivity index (χ0n) is 25.6. The van der Waals surface area contributed by atoms with E-state index in [0.29, 0.717) is 11.3 Å². The van der Waals surface area contributed by atoms with Crippen LogP contribution in [0.15, 0.2) is 48.5 Å². The first-order valence-corrected chi connectivity index (χ1v) is 14.4. The molecule has 0 bridgehead atoms. The quantitative estimate of drug-likeness (QED) is 0.279. The van der Waals surface area contributed by atoms with Gasteiger partial charge in [0.1, 0.15) is 30.4 Å². The van der Waals surface area contributed by atoms with Gasteiger partial charge < -0.3 is 33.7 Å². The van der Waals surface area contributed by atoms with Crippen LogP contribution in [0.1, 0.15) is 51.7 Å². The van der Waals surface area contributed by atoms with Gasteiger partial charge in [0.15, 0.2) is 23.9 Å². The molecule has 2 aliphatic heterocycles. The number of nitrogens with zero attached hydrogens (tertiary/aromatic N) is 1. The van der Waals surface area contributed by atoms with Gasteiger partial charge in [-0.15, -0.1) is 0 Å². The van der Waals surface area contributed by atoms with Crippen molar-refractivity contribution in [3.63, 3.8) is 0 Å². The van der Waals surface area contributed by atoms with Gasteiger partial charge in [-0.25, -0.2) is 4.39 Å². The predicted octanol–water partition coefficient (Wildman–Crippen LogP) is 2.03. The van der Waals surface area contributed by atoms with E-state index in [1.807, 2.05) is 0 Å². The van der Waals surface area contributed by atoms with Crippen LogP contribution in [0.25, 0.3) is 0 Å². The molecule has 46 heavy (non-hydrogen) atoms. The molecule has 1 N–H and O–H groups in total. The summed E-state index contributed by atoms with van der Waals surface area (Å²) in [5.74, 6) is -5.11. The predicted molar refractivity (Wildman–Crippen MR) is 154 cm³/mol. The summed E-state index contributed by atoms with van der Waals surface area (Å²) >= 11 is 0. The van der Waals surface area contributed by atoms with E-state index in [2.05, 4.69) is 0 Å². The van der Waals surface area contributed by atoms with Gasteiger partial charge in [0.25, 0.3) is 5.91 Å². The van der Waals surface area contributed by atoms with E-state index in [4.69, 9.17) is 23.7 Å². The Balaban J connectivity index is 1.63. The highest BCUT2D eigenvalue weighted by molar-refractivity contribution is 6.08. The van der Waals surface area contributed by atoms with E-state index >= 15 is 0 Å². The first-order chi connectivity index (χ1) is 21.7. The lowest BCUT2D eigenvalue weighted by molar-refractivity contribution is -0.252. The molecule has 13 nitrogen and oxygen atoms in total. The lowest BCUT2D eigenvalue weighted by atomic mass is 9.86. The molecule has 1 amide bonds. The maximum Gasteiger partial charge on any atom is 0.303 e. The Hall–Kier alpha value is -4.69. The van der Waals surface area contributed by atoms with Crippen LogP contribution in [0.2, 0.25) is 0 Å². The molecule has 1 saturated heterocycles. The third-order valence-corrected chi connectivity index (χ3v) is 7.46. The fourth-order valence-electron chi connectivity index (χ4n) is 5.67. The van der Waals surface area contributed by atoms with Crippen molar-refractivity contribution >= 4 is 41.3 Å². The van der Waals surface area contributed by atoms with Crippen molar-refractivity contribution in [1.82, 2.24) is 0 Å². The van der Waals surface area contributed by atoms with Crippen molar-refractivity contribution in [3.8, 4) is 0 Å². The summed E-state index contributed by atoms with van der Waals surface area (Å²) in [5, 5.41) is 11.7. The molecule has 2 aromatic rings. The second kappa shape index (κ2) is 14.2. The number of hydrogen-bond donors (Lipinski definition) is 1. The minimum absolute atomic E-state index is 0.00762. The molecule has 0 aliphatic carbocycles. The van der Waals surface area contributed by atoms with Crippen LogP contribution in [0.4, 0.5) is 10.1 Å². The van der Waals surface area contributed by atoms with Gasteiger partial charge >= 0.3 is 23.9 Å². The van der Waals surface area contributed by atoms with Gasteiger partial charge in [-0.1, -0.05) is 30.3 Å². The standard InChI is InChI=1S/C32H34FNO12/c1-17(35)42-16-27-29(44-19(3)37)30(45-20(4)38)28(43-18(2)36)26(46-27)13-23(39)14-32(41)24-7-5-6-8-25(24)34(31(32)40)15-21-9-11-22(33)12-10-21/h5-12,26-30,41H,13-16H2,1-4H3/t26-,27+,28-,29+,30+,32?/m0/s1. The van der Waals surface area contributed by atoms with Crippen LogP contribution < -0.4 is 4.90 Å². The third-order valence-electron chi connectivity index (χ3n) is 7.46. The van der Waals surface area contributed by atoms with Crippen LogP contribution in [-0.2, 0) is 64.6 Å². The number of anilines is 1. The fraction of sp³-hybridized carbons (Fsp3) is 0.438. The Morgan fingerprint density at radius 1 is 0.826 bits per heavy atom. The number of fused-ring (bicyclic) bond motifs is 1. The van der Waals surface area contributed by atoms with E-state index in [-0.39, 0.29) is 12.1 Å². The summed E-state index contributed by atoms with van der Waals surface area (Å²) in [7, 11) is 0. The minimum Gasteiger partial charge on any atom is -0.463 e. The van der Waals surface area contributed by atoms with Crippen molar-refractivity contribution in [1.29, 1.82) is 0 Å². The van der Waals surface area contributed by atoms with Crippen molar-refractivity contribution in [2.24, 2.45) is 0 Å². The number of para-hydroxylation sites is 1. The normalized spacial score (nSPS) is 25.3. The topological polar surface area (TPSA) is 172 Å². The molecule has 1 fully saturated rings. The molecule has 6 atom stereocenters. The number of ether oxygens (including phenoxy) is 5. The lowest BCUT2D eigenvalue weighted by Gasteiger charge is -2.44. The molecule has 2 aromatic carbocycles. The maximum atomic E-state index is 13.7. The second-order valence-corrected chi connectivity index (χ2v) is 11.1. The SMILES string of the molecule is CC(=O)OC[C@H]1O[C@@H](CC(=O)CC2(O)C(=O)N(Cc3ccc(F)cc3)c3ccccc32)[C@H](OC(C)=O)[C@@H](OC(C)=O)[C@@H]1OC(C)=O. The maximum absolute atomic E-state index is 13.7. The zero-order chi connectivity index (χ0) is 33.8. The Kier molecular flexibility index (Phi) is 10.5. The van der Waals surface area contributed by atoms with Crippen LogP contribution >= 0.6 is 0 Å².